The third-order valence-corrected chi connectivity index (χ3v) is 3.95. The van der Waals surface area contributed by atoms with Crippen LogP contribution >= 0.6 is 12.4 Å². The van der Waals surface area contributed by atoms with Crippen LogP contribution in [0.5, 0.6) is 0 Å². The number of benzene rings is 1. The minimum atomic E-state index is -0.275. The van der Waals surface area contributed by atoms with Gasteiger partial charge in [-0.05, 0) is 49.5 Å². The van der Waals surface area contributed by atoms with Gasteiger partial charge < -0.3 is 15.4 Å². The van der Waals surface area contributed by atoms with Crippen molar-refractivity contribution in [3.8, 4) is 0 Å². The van der Waals surface area contributed by atoms with E-state index in [-0.39, 0.29) is 30.2 Å². The number of carbonyl (C=O) groups is 1. The molecular weight excluding hydrogens is 307 g/mol. The Hall–Kier alpha value is -1.17. The highest BCUT2D eigenvalue weighted by Gasteiger charge is 2.16. The number of rotatable bonds is 7. The summed E-state index contributed by atoms with van der Waals surface area (Å²) in [5.74, 6) is 0.389. The van der Waals surface area contributed by atoms with Gasteiger partial charge in [0.1, 0.15) is 5.82 Å². The molecule has 1 heterocycles. The van der Waals surface area contributed by atoms with Crippen molar-refractivity contribution in [1.82, 2.24) is 10.6 Å². The van der Waals surface area contributed by atoms with Crippen LogP contribution in [-0.4, -0.2) is 32.7 Å². The zero-order valence-corrected chi connectivity index (χ0v) is 13.6. The lowest BCUT2D eigenvalue weighted by molar-refractivity contribution is -0.121. The predicted molar refractivity (Wildman–Crippen MR) is 86.6 cm³/mol. The molecule has 22 heavy (non-hydrogen) atoms. The Labute approximate surface area is 137 Å². The van der Waals surface area contributed by atoms with E-state index in [9.17, 15) is 9.18 Å². The molecule has 0 spiro atoms. The van der Waals surface area contributed by atoms with Gasteiger partial charge in [0.25, 0.3) is 0 Å². The largest absolute Gasteiger partial charge is 0.375 e. The predicted octanol–water partition coefficient (Wildman–Crippen LogP) is 2.44. The van der Waals surface area contributed by atoms with E-state index in [0.717, 1.165) is 31.5 Å². The highest BCUT2D eigenvalue weighted by atomic mass is 35.5. The Morgan fingerprint density at radius 2 is 2.18 bits per heavy atom. The Kier molecular flexibility index (Phi) is 8.38. The first-order chi connectivity index (χ1) is 10.2. The summed E-state index contributed by atoms with van der Waals surface area (Å²) in [7, 11) is 1.59. The molecule has 1 aromatic carbocycles. The number of hydrogen-bond donors (Lipinski definition) is 2. The van der Waals surface area contributed by atoms with Crippen molar-refractivity contribution < 1.29 is 13.9 Å². The average molecular weight is 331 g/mol. The molecule has 1 aromatic rings. The molecule has 6 heteroatoms. The van der Waals surface area contributed by atoms with Gasteiger partial charge in [0, 0.05) is 20.1 Å². The third kappa shape index (κ3) is 5.91. The van der Waals surface area contributed by atoms with Gasteiger partial charge in [0.15, 0.2) is 0 Å². The van der Waals surface area contributed by atoms with Gasteiger partial charge in [0.2, 0.25) is 5.91 Å². The highest BCUT2D eigenvalue weighted by molar-refractivity contribution is 5.85. The zero-order chi connectivity index (χ0) is 15.1. The van der Waals surface area contributed by atoms with Crippen molar-refractivity contribution in [3.63, 3.8) is 0 Å². The summed E-state index contributed by atoms with van der Waals surface area (Å²) < 4.78 is 18.3. The third-order valence-electron chi connectivity index (χ3n) is 3.95. The van der Waals surface area contributed by atoms with Crippen molar-refractivity contribution in [2.45, 2.75) is 25.4 Å². The van der Waals surface area contributed by atoms with Crippen molar-refractivity contribution in [1.29, 1.82) is 0 Å². The van der Waals surface area contributed by atoms with Crippen LogP contribution in [0.25, 0.3) is 0 Å². The van der Waals surface area contributed by atoms with E-state index in [1.807, 2.05) is 0 Å². The van der Waals surface area contributed by atoms with Gasteiger partial charge >= 0.3 is 0 Å². The van der Waals surface area contributed by atoms with Crippen molar-refractivity contribution in [3.05, 3.63) is 35.6 Å². The first kappa shape index (κ1) is 18.9. The Morgan fingerprint density at radius 3 is 2.77 bits per heavy atom. The lowest BCUT2D eigenvalue weighted by Gasteiger charge is -2.17. The molecule has 2 unspecified atom stereocenters. The van der Waals surface area contributed by atoms with Gasteiger partial charge in [0.05, 0.1) is 6.10 Å². The number of nitrogens with one attached hydrogen (secondary N) is 2. The van der Waals surface area contributed by atoms with E-state index in [1.54, 1.807) is 19.2 Å². The van der Waals surface area contributed by atoms with Crippen molar-refractivity contribution in [2.24, 2.45) is 5.92 Å². The quantitative estimate of drug-likeness (QED) is 0.807. The fraction of sp³-hybridized carbons (Fsp3) is 0.562. The van der Waals surface area contributed by atoms with Crippen LogP contribution in [0.15, 0.2) is 24.3 Å². The second-order valence-electron chi connectivity index (χ2n) is 5.48. The van der Waals surface area contributed by atoms with E-state index < -0.39 is 0 Å². The number of carbonyl (C=O) groups excluding carboxylic acids is 1. The molecule has 0 radical (unpaired) electrons. The van der Waals surface area contributed by atoms with Gasteiger partial charge in [-0.1, -0.05) is 12.1 Å². The molecule has 1 saturated heterocycles. The summed E-state index contributed by atoms with van der Waals surface area (Å²) >= 11 is 0. The number of halogens is 2. The standard InChI is InChI=1S/C16H23FN2O2.ClH/c1-21-15(13-3-5-14(17)6-4-13)11-19-16(20)7-2-12-8-9-18-10-12;/h3-6,12,15,18H,2,7-11H2,1H3,(H,19,20);1H. The summed E-state index contributed by atoms with van der Waals surface area (Å²) in [5.41, 5.74) is 0.860. The fourth-order valence-corrected chi connectivity index (χ4v) is 2.61. The van der Waals surface area contributed by atoms with Crippen molar-refractivity contribution >= 4 is 18.3 Å². The monoisotopic (exact) mass is 330 g/mol. The van der Waals surface area contributed by atoms with Crippen LogP contribution in [-0.2, 0) is 9.53 Å². The van der Waals surface area contributed by atoms with Crippen LogP contribution in [0.2, 0.25) is 0 Å². The molecule has 124 valence electrons. The molecule has 1 aliphatic rings. The first-order valence-electron chi connectivity index (χ1n) is 7.44. The maximum atomic E-state index is 12.9. The molecular formula is C16H24ClFN2O2. The molecule has 2 rings (SSSR count). The topological polar surface area (TPSA) is 50.4 Å². The number of ether oxygens (including phenoxy) is 1. The number of amides is 1. The minimum absolute atomic E-state index is 0. The van der Waals surface area contributed by atoms with E-state index in [1.165, 1.54) is 12.1 Å². The Morgan fingerprint density at radius 1 is 1.45 bits per heavy atom. The normalized spacial score (nSPS) is 18.5. The Balaban J connectivity index is 0.00000242. The summed E-state index contributed by atoms with van der Waals surface area (Å²) in [4.78, 5) is 11.9. The van der Waals surface area contributed by atoms with Gasteiger partial charge in [-0.15, -0.1) is 12.4 Å². The zero-order valence-electron chi connectivity index (χ0n) is 12.8. The fourth-order valence-electron chi connectivity index (χ4n) is 2.61. The molecule has 0 aliphatic carbocycles. The van der Waals surface area contributed by atoms with E-state index in [2.05, 4.69) is 10.6 Å². The van der Waals surface area contributed by atoms with E-state index in [0.29, 0.717) is 18.9 Å². The maximum Gasteiger partial charge on any atom is 0.220 e. The van der Waals surface area contributed by atoms with Crippen LogP contribution < -0.4 is 10.6 Å². The molecule has 2 atom stereocenters. The molecule has 1 amide bonds. The summed E-state index contributed by atoms with van der Waals surface area (Å²) in [6, 6.07) is 6.16. The lowest BCUT2D eigenvalue weighted by atomic mass is 10.0. The van der Waals surface area contributed by atoms with Crippen LogP contribution in [0.4, 0.5) is 4.39 Å². The van der Waals surface area contributed by atoms with E-state index in [4.69, 9.17) is 4.74 Å². The van der Waals surface area contributed by atoms with Gasteiger partial charge in [-0.25, -0.2) is 4.39 Å². The molecule has 1 fully saturated rings. The molecule has 0 bridgehead atoms. The first-order valence-corrected chi connectivity index (χ1v) is 7.44. The summed E-state index contributed by atoms with van der Waals surface area (Å²) in [6.45, 7) is 2.48. The smallest absolute Gasteiger partial charge is 0.220 e. The molecule has 2 N–H and O–H groups in total. The minimum Gasteiger partial charge on any atom is -0.375 e. The molecule has 1 aliphatic heterocycles. The van der Waals surface area contributed by atoms with E-state index >= 15 is 0 Å². The van der Waals surface area contributed by atoms with Gasteiger partial charge in [-0.3, -0.25) is 4.79 Å². The Bertz CT molecular complexity index is 450. The second kappa shape index (κ2) is 9.77. The summed E-state index contributed by atoms with van der Waals surface area (Å²) in [5, 5.41) is 6.19. The maximum absolute atomic E-state index is 12.9. The number of methoxy groups -OCH3 is 1. The number of hydrogen-bond acceptors (Lipinski definition) is 3. The van der Waals surface area contributed by atoms with Crippen molar-refractivity contribution in [2.75, 3.05) is 26.7 Å². The van der Waals surface area contributed by atoms with Gasteiger partial charge in [-0.2, -0.15) is 0 Å². The SMILES string of the molecule is COC(CNC(=O)CCC1CCNC1)c1ccc(F)cc1.Cl. The van der Waals surface area contributed by atoms with Crippen LogP contribution in [0.3, 0.4) is 0 Å². The lowest BCUT2D eigenvalue weighted by Crippen LogP contribution is -2.29. The molecule has 0 saturated carbocycles. The highest BCUT2D eigenvalue weighted by Crippen LogP contribution is 2.17. The average Bonchev–Trinajstić information content (AvgIpc) is 3.01. The summed E-state index contributed by atoms with van der Waals surface area (Å²) in [6.07, 6.45) is 2.38. The molecule has 4 nitrogen and oxygen atoms in total. The molecule has 0 aromatic heterocycles. The second-order valence-corrected chi connectivity index (χ2v) is 5.48. The van der Waals surface area contributed by atoms with Crippen LogP contribution in [0, 0.1) is 11.7 Å². The van der Waals surface area contributed by atoms with Crippen LogP contribution in [0.1, 0.15) is 30.9 Å².